The summed E-state index contributed by atoms with van der Waals surface area (Å²) in [4.78, 5) is 11.7. The molecule has 1 N–H and O–H groups in total. The summed E-state index contributed by atoms with van der Waals surface area (Å²) < 4.78 is 35.4. The van der Waals surface area contributed by atoms with Crippen LogP contribution in [0.4, 0.5) is 0 Å². The molecule has 19 heavy (non-hydrogen) atoms. The van der Waals surface area contributed by atoms with Crippen LogP contribution in [0.2, 0.25) is 0 Å². The Morgan fingerprint density at radius 3 is 2.16 bits per heavy atom. The van der Waals surface area contributed by atoms with Gasteiger partial charge in [-0.15, -0.1) is 4.98 Å². The largest absolute Gasteiger partial charge is 0.467 e. The molecule has 0 radical (unpaired) electrons. The van der Waals surface area contributed by atoms with Crippen molar-refractivity contribution in [2.75, 3.05) is 20.0 Å². The predicted octanol–water partition coefficient (Wildman–Crippen LogP) is 0.108. The van der Waals surface area contributed by atoms with Gasteiger partial charge in [0.25, 0.3) is 0 Å². The summed E-state index contributed by atoms with van der Waals surface area (Å²) in [6.45, 7) is 1.90. The molecule has 0 aromatic carbocycles. The van der Waals surface area contributed by atoms with Gasteiger partial charge in [0.1, 0.15) is 0 Å². The molecule has 0 unspecified atom stereocenters. The minimum absolute atomic E-state index is 0.0265. The summed E-state index contributed by atoms with van der Waals surface area (Å²) in [5.74, 6) is 0.326. The summed E-state index contributed by atoms with van der Waals surface area (Å²) in [7, 11) is -0.500. The van der Waals surface area contributed by atoms with Crippen LogP contribution in [0.1, 0.15) is 25.6 Å². The first kappa shape index (κ1) is 15.6. The van der Waals surface area contributed by atoms with Crippen LogP contribution < -0.4 is 14.2 Å². The van der Waals surface area contributed by atoms with Gasteiger partial charge in [0, 0.05) is 0 Å². The molecule has 0 fully saturated rings. The number of unbranched alkanes of at least 4 members (excludes halogenated alkanes) is 1. The summed E-state index contributed by atoms with van der Waals surface area (Å²) in [6, 6.07) is 0.157. The van der Waals surface area contributed by atoms with Crippen molar-refractivity contribution in [3.63, 3.8) is 0 Å². The van der Waals surface area contributed by atoms with Crippen molar-refractivity contribution >= 4 is 10.0 Å². The lowest BCUT2D eigenvalue weighted by atomic mass is 10.4. The van der Waals surface area contributed by atoms with Crippen LogP contribution in [0.3, 0.4) is 0 Å². The predicted molar refractivity (Wildman–Crippen MR) is 68.5 cm³/mol. The second-order valence-electron chi connectivity index (χ2n) is 3.72. The second-order valence-corrected chi connectivity index (χ2v) is 5.64. The van der Waals surface area contributed by atoms with E-state index in [0.29, 0.717) is 6.42 Å². The van der Waals surface area contributed by atoms with Gasteiger partial charge in [-0.3, -0.25) is 0 Å². The minimum atomic E-state index is -3.31. The number of nitrogens with one attached hydrogen (secondary N) is 1. The molecule has 108 valence electrons. The van der Waals surface area contributed by atoms with E-state index in [9.17, 15) is 8.42 Å². The highest BCUT2D eigenvalue weighted by molar-refractivity contribution is 7.89. The SMILES string of the molecule is CCCCS(=O)(=O)NCc1nc(OC)nc(OC)n1. The molecular formula is C10H18N4O4S. The summed E-state index contributed by atoms with van der Waals surface area (Å²) in [5, 5.41) is 0. The Hall–Kier alpha value is -1.48. The Bertz CT molecular complexity index is 484. The van der Waals surface area contributed by atoms with E-state index in [0.717, 1.165) is 6.42 Å². The number of methoxy groups -OCH3 is 2. The molecule has 0 spiro atoms. The first-order valence-electron chi connectivity index (χ1n) is 5.81. The fourth-order valence-electron chi connectivity index (χ4n) is 1.22. The third-order valence-electron chi connectivity index (χ3n) is 2.22. The van der Waals surface area contributed by atoms with Gasteiger partial charge < -0.3 is 9.47 Å². The second kappa shape index (κ2) is 7.19. The third-order valence-corrected chi connectivity index (χ3v) is 3.63. The standard InChI is InChI=1S/C10H18N4O4S/c1-4-5-6-19(15,16)11-7-8-12-9(17-2)14-10(13-8)18-3/h11H,4-7H2,1-3H3. The number of aromatic nitrogens is 3. The maximum absolute atomic E-state index is 11.6. The monoisotopic (exact) mass is 290 g/mol. The molecule has 1 aromatic rings. The van der Waals surface area contributed by atoms with Crippen molar-refractivity contribution in [1.29, 1.82) is 0 Å². The number of hydrogen-bond donors (Lipinski definition) is 1. The van der Waals surface area contributed by atoms with E-state index in [1.54, 1.807) is 0 Å². The summed E-state index contributed by atoms with van der Waals surface area (Å²) in [5.41, 5.74) is 0. The van der Waals surface area contributed by atoms with Crippen molar-refractivity contribution in [1.82, 2.24) is 19.7 Å². The third kappa shape index (κ3) is 5.35. The molecule has 9 heteroatoms. The zero-order chi connectivity index (χ0) is 14.3. The zero-order valence-corrected chi connectivity index (χ0v) is 12.0. The first-order valence-corrected chi connectivity index (χ1v) is 7.46. The van der Waals surface area contributed by atoms with Gasteiger partial charge in [-0.25, -0.2) is 13.1 Å². The lowest BCUT2D eigenvalue weighted by Gasteiger charge is -2.07. The van der Waals surface area contributed by atoms with Gasteiger partial charge in [-0.1, -0.05) is 13.3 Å². The van der Waals surface area contributed by atoms with E-state index in [-0.39, 0.29) is 30.1 Å². The van der Waals surface area contributed by atoms with Crippen molar-refractivity contribution in [2.45, 2.75) is 26.3 Å². The summed E-state index contributed by atoms with van der Waals surface area (Å²) in [6.07, 6.45) is 1.42. The highest BCUT2D eigenvalue weighted by Crippen LogP contribution is 2.08. The maximum atomic E-state index is 11.6. The van der Waals surface area contributed by atoms with Crippen LogP contribution in [0.5, 0.6) is 12.0 Å². The number of ether oxygens (including phenoxy) is 2. The van der Waals surface area contributed by atoms with Crippen molar-refractivity contribution < 1.29 is 17.9 Å². The quantitative estimate of drug-likeness (QED) is 0.724. The number of rotatable bonds is 8. The van der Waals surface area contributed by atoms with Crippen LogP contribution in [-0.4, -0.2) is 43.3 Å². The molecule has 0 amide bonds. The number of nitrogens with zero attached hydrogens (tertiary/aromatic N) is 3. The van der Waals surface area contributed by atoms with Gasteiger partial charge in [-0.05, 0) is 6.42 Å². The van der Waals surface area contributed by atoms with E-state index in [4.69, 9.17) is 9.47 Å². The average molecular weight is 290 g/mol. The molecule has 8 nitrogen and oxygen atoms in total. The van der Waals surface area contributed by atoms with Crippen molar-refractivity contribution in [3.8, 4) is 12.0 Å². The Labute approximate surface area is 112 Å². The Balaban J connectivity index is 2.71. The maximum Gasteiger partial charge on any atom is 0.322 e. The molecule has 0 aliphatic heterocycles. The van der Waals surface area contributed by atoms with E-state index in [1.165, 1.54) is 14.2 Å². The molecule has 0 aliphatic carbocycles. The Morgan fingerprint density at radius 2 is 1.68 bits per heavy atom. The van der Waals surface area contributed by atoms with Crippen LogP contribution in [0, 0.1) is 0 Å². The van der Waals surface area contributed by atoms with Crippen LogP contribution >= 0.6 is 0 Å². The fraction of sp³-hybridized carbons (Fsp3) is 0.700. The van der Waals surface area contributed by atoms with Crippen LogP contribution in [-0.2, 0) is 16.6 Å². The van der Waals surface area contributed by atoms with Gasteiger partial charge in [0.15, 0.2) is 5.82 Å². The van der Waals surface area contributed by atoms with Gasteiger partial charge in [-0.2, -0.15) is 9.97 Å². The van der Waals surface area contributed by atoms with Gasteiger partial charge in [0.05, 0.1) is 26.5 Å². The number of hydrogen-bond acceptors (Lipinski definition) is 7. The van der Waals surface area contributed by atoms with Gasteiger partial charge in [0.2, 0.25) is 10.0 Å². The van der Waals surface area contributed by atoms with Crippen LogP contribution in [0.15, 0.2) is 0 Å². The zero-order valence-electron chi connectivity index (χ0n) is 11.2. The van der Waals surface area contributed by atoms with E-state index in [1.807, 2.05) is 6.92 Å². The normalized spacial score (nSPS) is 11.3. The molecule has 1 heterocycles. The van der Waals surface area contributed by atoms with Crippen LogP contribution in [0.25, 0.3) is 0 Å². The molecule has 1 aromatic heterocycles. The highest BCUT2D eigenvalue weighted by atomic mass is 32.2. The highest BCUT2D eigenvalue weighted by Gasteiger charge is 2.12. The van der Waals surface area contributed by atoms with E-state index >= 15 is 0 Å². The molecule has 0 saturated heterocycles. The topological polar surface area (TPSA) is 103 Å². The molecule has 0 aliphatic rings. The molecule has 0 atom stereocenters. The van der Waals surface area contributed by atoms with Crippen molar-refractivity contribution in [3.05, 3.63) is 5.82 Å². The smallest absolute Gasteiger partial charge is 0.322 e. The summed E-state index contributed by atoms with van der Waals surface area (Å²) >= 11 is 0. The Kier molecular flexibility index (Phi) is 5.90. The first-order chi connectivity index (χ1) is 9.00. The molecule has 0 saturated carbocycles. The van der Waals surface area contributed by atoms with Gasteiger partial charge >= 0.3 is 12.0 Å². The van der Waals surface area contributed by atoms with E-state index in [2.05, 4.69) is 19.7 Å². The van der Waals surface area contributed by atoms with Crippen molar-refractivity contribution in [2.24, 2.45) is 0 Å². The lowest BCUT2D eigenvalue weighted by molar-refractivity contribution is 0.336. The van der Waals surface area contributed by atoms with E-state index < -0.39 is 10.0 Å². The minimum Gasteiger partial charge on any atom is -0.467 e. The molecule has 0 bridgehead atoms. The Morgan fingerprint density at radius 1 is 1.11 bits per heavy atom. The number of sulfonamides is 1. The average Bonchev–Trinajstić information content (AvgIpc) is 2.42. The molecular weight excluding hydrogens is 272 g/mol. The lowest BCUT2D eigenvalue weighted by Crippen LogP contribution is -2.27. The fourth-order valence-corrected chi connectivity index (χ4v) is 2.38. The molecule has 1 rings (SSSR count).